The number of para-hydroxylation sites is 1. The summed E-state index contributed by atoms with van der Waals surface area (Å²) in [5.41, 5.74) is 2.72. The molecule has 0 radical (unpaired) electrons. The van der Waals surface area contributed by atoms with E-state index in [0.29, 0.717) is 45.7 Å². The second-order valence-corrected chi connectivity index (χ2v) is 14.7. The molecule has 1 fully saturated rings. The molecule has 2 heterocycles. The number of carbonyl (C=O) groups excluding carboxylic acids is 1. The lowest BCUT2D eigenvalue weighted by molar-refractivity contribution is -0.137. The Morgan fingerprint density at radius 3 is 2.26 bits per heavy atom. The van der Waals surface area contributed by atoms with Crippen LogP contribution in [0.3, 0.4) is 0 Å². The predicted octanol–water partition coefficient (Wildman–Crippen LogP) is 7.37. The van der Waals surface area contributed by atoms with Gasteiger partial charge in [0.1, 0.15) is 10.0 Å². The molecule has 1 saturated heterocycles. The number of carboxylic acid groups (broad SMARTS) is 1. The van der Waals surface area contributed by atoms with Crippen LogP contribution >= 0.6 is 24.0 Å². The maximum atomic E-state index is 13.5. The smallest absolute Gasteiger partial charge is 0.303 e. The van der Waals surface area contributed by atoms with Crippen LogP contribution in [0.2, 0.25) is 0 Å². The van der Waals surface area contributed by atoms with Crippen LogP contribution in [0.15, 0.2) is 70.6 Å². The predicted molar refractivity (Wildman–Crippen MR) is 188 cm³/mol. The zero-order valence-corrected chi connectivity index (χ0v) is 28.9. The van der Waals surface area contributed by atoms with E-state index in [4.69, 9.17) is 22.4 Å². The van der Waals surface area contributed by atoms with Crippen molar-refractivity contribution < 1.29 is 23.1 Å². The average Bonchev–Trinajstić information content (AvgIpc) is 3.58. The quantitative estimate of drug-likeness (QED) is 0.0841. The van der Waals surface area contributed by atoms with E-state index in [1.54, 1.807) is 33.9 Å². The first-order chi connectivity index (χ1) is 22.1. The number of aromatic nitrogens is 2. The maximum absolute atomic E-state index is 13.5. The molecule has 46 heavy (non-hydrogen) atoms. The Kier molecular flexibility index (Phi) is 13.1. The molecule has 12 heteroatoms. The molecule has 2 aromatic carbocycles. The van der Waals surface area contributed by atoms with Gasteiger partial charge in [0, 0.05) is 43.4 Å². The molecule has 0 bridgehead atoms. The van der Waals surface area contributed by atoms with Crippen molar-refractivity contribution in [1.82, 2.24) is 19.0 Å². The maximum Gasteiger partial charge on any atom is 0.303 e. The molecule has 3 aromatic rings. The molecule has 0 unspecified atom stereocenters. The first kappa shape index (κ1) is 35.5. The fraction of sp³-hybridized carbons (Fsp3) is 0.412. The molecular formula is C34H42N4O5S3. The van der Waals surface area contributed by atoms with Gasteiger partial charge in [0.05, 0.1) is 15.5 Å². The zero-order chi connectivity index (χ0) is 33.1. The van der Waals surface area contributed by atoms with Gasteiger partial charge in [0.15, 0.2) is 0 Å². The van der Waals surface area contributed by atoms with Crippen molar-refractivity contribution in [2.75, 3.05) is 19.6 Å². The minimum atomic E-state index is -3.68. The molecule has 9 nitrogen and oxygen atoms in total. The number of nitrogens with zero attached hydrogens (tertiary/aromatic N) is 4. The van der Waals surface area contributed by atoms with Crippen molar-refractivity contribution in [2.45, 2.75) is 76.5 Å². The van der Waals surface area contributed by atoms with Gasteiger partial charge >= 0.3 is 5.97 Å². The third-order valence-corrected chi connectivity index (χ3v) is 11.3. The van der Waals surface area contributed by atoms with Crippen molar-refractivity contribution in [3.63, 3.8) is 0 Å². The molecule has 1 aliphatic heterocycles. The summed E-state index contributed by atoms with van der Waals surface area (Å²) >= 11 is 6.87. The molecule has 0 saturated carbocycles. The molecule has 1 amide bonds. The summed E-state index contributed by atoms with van der Waals surface area (Å²) in [7, 11) is -3.68. The van der Waals surface area contributed by atoms with Gasteiger partial charge in [-0.05, 0) is 43.2 Å². The Bertz CT molecular complexity index is 1650. The van der Waals surface area contributed by atoms with Crippen LogP contribution in [-0.4, -0.2) is 68.3 Å². The van der Waals surface area contributed by atoms with E-state index < -0.39 is 16.0 Å². The molecule has 4 rings (SSSR count). The number of rotatable bonds is 18. The average molecular weight is 683 g/mol. The van der Waals surface area contributed by atoms with Crippen molar-refractivity contribution >= 4 is 56.3 Å². The van der Waals surface area contributed by atoms with Crippen molar-refractivity contribution in [3.05, 3.63) is 71.3 Å². The fourth-order valence-electron chi connectivity index (χ4n) is 5.39. The van der Waals surface area contributed by atoms with E-state index in [0.717, 1.165) is 57.1 Å². The Morgan fingerprint density at radius 1 is 0.957 bits per heavy atom. The van der Waals surface area contributed by atoms with E-state index in [1.807, 2.05) is 56.4 Å². The van der Waals surface area contributed by atoms with Crippen LogP contribution in [0, 0.1) is 0 Å². The van der Waals surface area contributed by atoms with Crippen LogP contribution in [0.5, 0.6) is 0 Å². The van der Waals surface area contributed by atoms with E-state index in [-0.39, 0.29) is 17.2 Å². The minimum Gasteiger partial charge on any atom is -0.481 e. The number of thiocarbonyl (C=S) groups is 1. The highest BCUT2D eigenvalue weighted by Gasteiger charge is 2.32. The third-order valence-electron chi connectivity index (χ3n) is 7.90. The number of thioether (sulfide) groups is 1. The fourth-order valence-corrected chi connectivity index (χ4v) is 8.19. The van der Waals surface area contributed by atoms with Crippen LogP contribution < -0.4 is 0 Å². The number of hydrogen-bond donors (Lipinski definition) is 1. The van der Waals surface area contributed by atoms with Crippen LogP contribution in [0.4, 0.5) is 0 Å². The molecule has 246 valence electrons. The number of amides is 1. The normalized spacial score (nSPS) is 14.6. The first-order valence-corrected chi connectivity index (χ1v) is 18.5. The Hall–Kier alpha value is -3.32. The van der Waals surface area contributed by atoms with Gasteiger partial charge in [-0.15, -0.1) is 0 Å². The van der Waals surface area contributed by atoms with Gasteiger partial charge < -0.3 is 5.11 Å². The summed E-state index contributed by atoms with van der Waals surface area (Å²) in [6.45, 7) is 4.93. The molecule has 0 aliphatic carbocycles. The summed E-state index contributed by atoms with van der Waals surface area (Å²) in [6.07, 6.45) is 11.7. The zero-order valence-electron chi connectivity index (χ0n) is 26.4. The number of hydrogen-bond acceptors (Lipinski definition) is 7. The van der Waals surface area contributed by atoms with Gasteiger partial charge in [0.25, 0.3) is 5.91 Å². The summed E-state index contributed by atoms with van der Waals surface area (Å²) in [5, 5.41) is 13.6. The standard InChI is InChI=1S/C34H42N4O5S3/c1-3-36(4-2)46(42,43)29-20-16-17-26(23-29)32-27(25-38(35-32)28-18-12-11-13-19-28)24-30-33(41)37(34(44)45-30)22-15-10-8-6-5-7-9-14-21-31(39)40/h11-13,16-20,23-25H,3-10,14-15,21-22H2,1-2H3,(H,39,40)/b30-24-. The van der Waals surface area contributed by atoms with Gasteiger partial charge in [-0.1, -0.05) is 107 Å². The topological polar surface area (TPSA) is 113 Å². The summed E-state index contributed by atoms with van der Waals surface area (Å²) in [4.78, 5) is 26.5. The highest BCUT2D eigenvalue weighted by molar-refractivity contribution is 8.26. The summed E-state index contributed by atoms with van der Waals surface area (Å²) < 4.78 is 30.3. The Balaban J connectivity index is 1.49. The number of aliphatic carboxylic acids is 1. The van der Waals surface area contributed by atoms with E-state index in [1.165, 1.54) is 16.1 Å². The van der Waals surface area contributed by atoms with Crippen LogP contribution in [0.1, 0.15) is 77.2 Å². The number of unbranched alkanes of at least 4 members (excludes halogenated alkanes) is 7. The highest BCUT2D eigenvalue weighted by Crippen LogP contribution is 2.35. The number of benzene rings is 2. The second-order valence-electron chi connectivity index (χ2n) is 11.1. The lowest BCUT2D eigenvalue weighted by atomic mass is 10.1. The largest absolute Gasteiger partial charge is 0.481 e. The van der Waals surface area contributed by atoms with Crippen molar-refractivity contribution in [1.29, 1.82) is 0 Å². The third kappa shape index (κ3) is 9.15. The molecule has 1 aliphatic rings. The van der Waals surface area contributed by atoms with Gasteiger partial charge in [-0.25, -0.2) is 13.1 Å². The Morgan fingerprint density at radius 2 is 1.61 bits per heavy atom. The molecule has 1 aromatic heterocycles. The lowest BCUT2D eigenvalue weighted by Gasteiger charge is -2.18. The summed E-state index contributed by atoms with van der Waals surface area (Å²) in [6, 6.07) is 16.4. The molecule has 0 atom stereocenters. The van der Waals surface area contributed by atoms with Crippen LogP contribution in [-0.2, 0) is 19.6 Å². The van der Waals surface area contributed by atoms with E-state index in [9.17, 15) is 18.0 Å². The van der Waals surface area contributed by atoms with E-state index in [2.05, 4.69) is 0 Å². The van der Waals surface area contributed by atoms with Gasteiger partial charge in [-0.3, -0.25) is 14.5 Å². The summed E-state index contributed by atoms with van der Waals surface area (Å²) in [5.74, 6) is -0.869. The molecule has 1 N–H and O–H groups in total. The van der Waals surface area contributed by atoms with Crippen molar-refractivity contribution in [2.24, 2.45) is 0 Å². The number of carboxylic acids is 1. The molecular weight excluding hydrogens is 641 g/mol. The Labute approximate surface area is 281 Å². The lowest BCUT2D eigenvalue weighted by Crippen LogP contribution is -2.30. The SMILES string of the molecule is CCN(CC)S(=O)(=O)c1cccc(-c2nn(-c3ccccc3)cc2/C=C2\SC(=S)N(CCCCCCCCCCC(=O)O)C2=O)c1. The molecule has 0 spiro atoms. The van der Waals surface area contributed by atoms with Gasteiger partial charge in [0.2, 0.25) is 10.0 Å². The van der Waals surface area contributed by atoms with Crippen molar-refractivity contribution in [3.8, 4) is 16.9 Å². The number of sulfonamides is 1. The first-order valence-electron chi connectivity index (χ1n) is 15.9. The minimum absolute atomic E-state index is 0.135. The van der Waals surface area contributed by atoms with Gasteiger partial charge in [-0.2, -0.15) is 9.40 Å². The van der Waals surface area contributed by atoms with Crippen LogP contribution in [0.25, 0.3) is 23.0 Å². The number of carbonyl (C=O) groups is 2. The van der Waals surface area contributed by atoms with E-state index >= 15 is 0 Å². The monoisotopic (exact) mass is 682 g/mol. The highest BCUT2D eigenvalue weighted by atomic mass is 32.2. The second kappa shape index (κ2) is 17.0.